The lowest BCUT2D eigenvalue weighted by Gasteiger charge is -2.46. The number of aliphatic hydroxyl groups excluding tert-OH is 2. The Kier molecular flexibility index (Phi) is 10.1. The molecule has 23 heteroatoms. The van der Waals surface area contributed by atoms with E-state index in [2.05, 4.69) is 8.37 Å². The molecule has 2 aliphatic heterocycles. The summed E-state index contributed by atoms with van der Waals surface area (Å²) in [5.74, 6) is -1.78. The maximum absolute atomic E-state index is 11.6. The van der Waals surface area contributed by atoms with Crippen molar-refractivity contribution in [3.8, 4) is 0 Å². The van der Waals surface area contributed by atoms with Gasteiger partial charge in [0.1, 0.15) is 42.7 Å². The molecular formula is C13H23NO19S3. The molecule has 0 aromatic rings. The highest BCUT2D eigenvalue weighted by Crippen LogP contribution is 2.30. The second-order valence-electron chi connectivity index (χ2n) is 7.31. The Balaban J connectivity index is 2.42. The van der Waals surface area contributed by atoms with E-state index in [9.17, 15) is 49.9 Å². The van der Waals surface area contributed by atoms with Crippen molar-refractivity contribution in [3.05, 3.63) is 0 Å². The number of carbonyl (C=O) groups is 1. The average molecular weight is 594 g/mol. The van der Waals surface area contributed by atoms with Crippen LogP contribution in [-0.4, -0.2) is 136 Å². The second kappa shape index (κ2) is 11.7. The van der Waals surface area contributed by atoms with E-state index in [1.54, 1.807) is 0 Å². The lowest BCUT2D eigenvalue weighted by Crippen LogP contribution is -2.67. The maximum atomic E-state index is 11.6. The van der Waals surface area contributed by atoms with E-state index in [1.165, 1.54) is 4.72 Å². The van der Waals surface area contributed by atoms with Crippen LogP contribution in [0.5, 0.6) is 0 Å². The number of nitrogens with one attached hydrogen (secondary N) is 1. The molecule has 20 nitrogen and oxygen atoms in total. The van der Waals surface area contributed by atoms with Gasteiger partial charge in [-0.1, -0.05) is 0 Å². The number of rotatable bonds is 11. The lowest BCUT2D eigenvalue weighted by molar-refractivity contribution is -0.310. The van der Waals surface area contributed by atoms with Gasteiger partial charge in [0.2, 0.25) is 0 Å². The lowest BCUT2D eigenvalue weighted by atomic mass is 9.96. The highest BCUT2D eigenvalue weighted by molar-refractivity contribution is 7.83. The Labute approximate surface area is 203 Å². The van der Waals surface area contributed by atoms with E-state index >= 15 is 0 Å². The van der Waals surface area contributed by atoms with Crippen LogP contribution in [0, 0.1) is 0 Å². The number of aliphatic carboxylic acids is 1. The van der Waals surface area contributed by atoms with E-state index in [0.717, 1.165) is 7.11 Å². The topological polar surface area (TPSA) is 308 Å². The fourth-order valence-corrected chi connectivity index (χ4v) is 4.84. The molecule has 0 bridgehead atoms. The van der Waals surface area contributed by atoms with Crippen LogP contribution in [0.15, 0.2) is 0 Å². The third kappa shape index (κ3) is 8.71. The van der Waals surface area contributed by atoms with Crippen LogP contribution < -0.4 is 4.72 Å². The van der Waals surface area contributed by atoms with Crippen LogP contribution >= 0.6 is 0 Å². The molecule has 0 aliphatic carbocycles. The van der Waals surface area contributed by atoms with Gasteiger partial charge in [0.15, 0.2) is 12.4 Å². The van der Waals surface area contributed by atoms with Crippen LogP contribution in [0.3, 0.4) is 0 Å². The maximum Gasteiger partial charge on any atom is 0.397 e. The summed E-state index contributed by atoms with van der Waals surface area (Å²) < 4.78 is 124. The first kappa shape index (κ1) is 31.1. The molecule has 0 aromatic carbocycles. The number of hydrogen-bond donors (Lipinski definition) is 7. The van der Waals surface area contributed by atoms with Gasteiger partial charge >= 0.3 is 37.1 Å². The van der Waals surface area contributed by atoms with Crippen molar-refractivity contribution in [3.63, 3.8) is 0 Å². The Morgan fingerprint density at radius 1 is 1.00 bits per heavy atom. The standard InChI is InChI=1S/C13H23NO19S3/c1-28-9-5(3-30-35(22,23)24)31-13(6(8(9)16)14-34(19,20)21)32-10-7(15)4(33-36(25,26)27)2-29-11(10)12(17)18/h4-11,13-16H,2-3H2,1H3,(H,17,18)(H,19,20,21)(H,22,23,24)(H,25,26,27)/t4?,5?,6?,7-,8-,9+,10-,11?,13+/m1/s1. The van der Waals surface area contributed by atoms with Gasteiger partial charge in [-0.15, -0.1) is 0 Å². The highest BCUT2D eigenvalue weighted by Gasteiger charge is 2.53. The molecule has 0 aromatic heterocycles. The first-order chi connectivity index (χ1) is 16.3. The minimum absolute atomic E-state index is 0.880. The number of carboxylic acid groups (broad SMARTS) is 1. The zero-order valence-corrected chi connectivity index (χ0v) is 20.3. The van der Waals surface area contributed by atoms with Crippen molar-refractivity contribution in [2.24, 2.45) is 0 Å². The summed E-state index contributed by atoms with van der Waals surface area (Å²) in [6.07, 6.45) is -15.9. The first-order valence-corrected chi connectivity index (χ1v) is 13.6. The zero-order valence-electron chi connectivity index (χ0n) is 17.8. The molecule has 0 saturated carbocycles. The van der Waals surface area contributed by atoms with Gasteiger partial charge in [0, 0.05) is 7.11 Å². The van der Waals surface area contributed by atoms with Gasteiger partial charge in [0.25, 0.3) is 0 Å². The van der Waals surface area contributed by atoms with Crippen LogP contribution in [0.2, 0.25) is 0 Å². The average Bonchev–Trinajstić information content (AvgIpc) is 2.69. The van der Waals surface area contributed by atoms with Crippen LogP contribution in [-0.2, 0) is 63.2 Å². The third-order valence-corrected chi connectivity index (χ3v) is 6.34. The van der Waals surface area contributed by atoms with Gasteiger partial charge in [-0.3, -0.25) is 13.7 Å². The summed E-state index contributed by atoms with van der Waals surface area (Å²) in [5.41, 5.74) is 0. The molecule has 2 fully saturated rings. The van der Waals surface area contributed by atoms with Crippen molar-refractivity contribution < 1.29 is 86.3 Å². The number of hydrogen-bond acceptors (Lipinski definition) is 15. The fraction of sp³-hybridized carbons (Fsp3) is 0.923. The van der Waals surface area contributed by atoms with Crippen molar-refractivity contribution in [2.75, 3.05) is 20.3 Å². The van der Waals surface area contributed by atoms with Crippen molar-refractivity contribution in [1.29, 1.82) is 0 Å². The van der Waals surface area contributed by atoms with Crippen LogP contribution in [0.25, 0.3) is 0 Å². The Morgan fingerprint density at radius 3 is 2.08 bits per heavy atom. The Hall–Kier alpha value is -1.16. The summed E-state index contributed by atoms with van der Waals surface area (Å²) in [5, 5.41) is 30.4. The molecule has 2 heterocycles. The number of aliphatic hydroxyl groups is 2. The van der Waals surface area contributed by atoms with Gasteiger partial charge in [0.05, 0.1) is 13.2 Å². The van der Waals surface area contributed by atoms with Gasteiger partial charge in [-0.05, 0) is 0 Å². The molecule has 2 rings (SSSR count). The molecule has 9 atom stereocenters. The summed E-state index contributed by atoms with van der Waals surface area (Å²) >= 11 is 0. The van der Waals surface area contributed by atoms with Crippen molar-refractivity contribution in [1.82, 2.24) is 4.72 Å². The number of ether oxygens (including phenoxy) is 4. The molecule has 36 heavy (non-hydrogen) atoms. The van der Waals surface area contributed by atoms with Crippen LogP contribution in [0.1, 0.15) is 0 Å². The van der Waals surface area contributed by atoms with E-state index in [-0.39, 0.29) is 0 Å². The fourth-order valence-electron chi connectivity index (χ4n) is 3.45. The predicted molar refractivity (Wildman–Crippen MR) is 106 cm³/mol. The van der Waals surface area contributed by atoms with E-state index < -0.39 is 105 Å². The summed E-state index contributed by atoms with van der Waals surface area (Å²) in [6, 6.07) is -2.03. The normalized spacial score (nSPS) is 36.4. The third-order valence-electron chi connectivity index (χ3n) is 4.85. The molecule has 0 radical (unpaired) electrons. The van der Waals surface area contributed by atoms with E-state index in [1.807, 2.05) is 0 Å². The number of carboxylic acids is 1. The van der Waals surface area contributed by atoms with Crippen LogP contribution in [0.4, 0.5) is 0 Å². The molecule has 4 unspecified atom stereocenters. The largest absolute Gasteiger partial charge is 0.479 e. The second-order valence-corrected chi connectivity index (χ2v) is 10.6. The number of methoxy groups -OCH3 is 1. The summed E-state index contributed by atoms with van der Waals surface area (Å²) in [4.78, 5) is 11.6. The molecule has 2 aliphatic rings. The zero-order chi connectivity index (χ0) is 27.6. The van der Waals surface area contributed by atoms with E-state index in [0.29, 0.717) is 0 Å². The predicted octanol–water partition coefficient (Wildman–Crippen LogP) is -4.91. The summed E-state index contributed by atoms with van der Waals surface area (Å²) in [6.45, 7) is -1.94. The SMILES string of the molecule is CO[C@H]1C(COS(=O)(=O)O)O[C@@H](O[C@H]2C(C(=O)O)OCC(OS(=O)(=O)O)[C@H]2O)C(NS(=O)(=O)O)[C@H]1O. The smallest absolute Gasteiger partial charge is 0.397 e. The first-order valence-electron chi connectivity index (χ1n) is 9.39. The van der Waals surface area contributed by atoms with Gasteiger partial charge in [-0.2, -0.15) is 30.0 Å². The Bertz CT molecular complexity index is 1090. The molecule has 0 amide bonds. The van der Waals surface area contributed by atoms with Gasteiger partial charge < -0.3 is 34.3 Å². The quantitative estimate of drug-likeness (QED) is 0.110. The van der Waals surface area contributed by atoms with Crippen molar-refractivity contribution in [2.45, 2.75) is 55.1 Å². The highest BCUT2D eigenvalue weighted by atomic mass is 32.3. The Morgan fingerprint density at radius 2 is 1.61 bits per heavy atom. The summed E-state index contributed by atoms with van der Waals surface area (Å²) in [7, 11) is -14.4. The van der Waals surface area contributed by atoms with Gasteiger partial charge in [-0.25, -0.2) is 13.2 Å². The monoisotopic (exact) mass is 593 g/mol. The van der Waals surface area contributed by atoms with E-state index in [4.69, 9.17) is 28.1 Å². The molecule has 7 N–H and O–H groups in total. The van der Waals surface area contributed by atoms with Crippen molar-refractivity contribution >= 4 is 37.1 Å². The molecule has 0 spiro atoms. The molecule has 212 valence electrons. The molecular weight excluding hydrogens is 570 g/mol. The molecule has 2 saturated heterocycles. The minimum Gasteiger partial charge on any atom is -0.479 e. The minimum atomic E-state index is -5.19.